The third-order valence-electron chi connectivity index (χ3n) is 4.65. The maximum atomic E-state index is 12.6. The van der Waals surface area contributed by atoms with E-state index in [9.17, 15) is 4.79 Å². The highest BCUT2D eigenvalue weighted by Gasteiger charge is 2.35. The van der Waals surface area contributed by atoms with Crippen molar-refractivity contribution in [2.45, 2.75) is 12.5 Å². The summed E-state index contributed by atoms with van der Waals surface area (Å²) in [6.07, 6.45) is 1.12. The normalized spacial score (nSPS) is 24.0. The van der Waals surface area contributed by atoms with Crippen LogP contribution in [0.3, 0.4) is 0 Å². The van der Waals surface area contributed by atoms with Crippen molar-refractivity contribution < 1.29 is 4.79 Å². The highest BCUT2D eigenvalue weighted by Crippen LogP contribution is 2.28. The lowest BCUT2D eigenvalue weighted by molar-refractivity contribution is -0.132. The second kappa shape index (κ2) is 5.52. The van der Waals surface area contributed by atoms with Crippen molar-refractivity contribution >= 4 is 32.6 Å². The number of rotatable bonds is 3. The fourth-order valence-electron chi connectivity index (χ4n) is 3.41. The first-order valence-corrected chi connectivity index (χ1v) is 8.61. The fourth-order valence-corrected chi connectivity index (χ4v) is 4.34. The van der Waals surface area contributed by atoms with Crippen LogP contribution < -0.4 is 4.90 Å². The van der Waals surface area contributed by atoms with Crippen LogP contribution in [0.25, 0.3) is 10.2 Å². The van der Waals surface area contributed by atoms with Crippen molar-refractivity contribution in [3.63, 3.8) is 0 Å². The molecule has 0 N–H and O–H groups in total. The van der Waals surface area contributed by atoms with Crippen molar-refractivity contribution in [3.05, 3.63) is 24.3 Å². The van der Waals surface area contributed by atoms with Crippen LogP contribution in [-0.4, -0.2) is 66.5 Å². The van der Waals surface area contributed by atoms with Gasteiger partial charge in [0.15, 0.2) is 5.13 Å². The van der Waals surface area contributed by atoms with Crippen LogP contribution in [0.4, 0.5) is 5.13 Å². The molecule has 116 valence electrons. The van der Waals surface area contributed by atoms with E-state index in [1.54, 1.807) is 11.3 Å². The minimum Gasteiger partial charge on any atom is -0.342 e. The monoisotopic (exact) mass is 316 g/mol. The van der Waals surface area contributed by atoms with Crippen molar-refractivity contribution in [1.82, 2.24) is 14.8 Å². The number of thiazole rings is 1. The smallest absolute Gasteiger partial charge is 0.242 e. The molecular formula is C16H20N4OS. The quantitative estimate of drug-likeness (QED) is 0.863. The summed E-state index contributed by atoms with van der Waals surface area (Å²) in [6, 6.07) is 8.53. The number of piperazine rings is 1. The van der Waals surface area contributed by atoms with E-state index in [4.69, 9.17) is 0 Å². The Morgan fingerprint density at radius 2 is 2.23 bits per heavy atom. The van der Waals surface area contributed by atoms with E-state index < -0.39 is 0 Å². The van der Waals surface area contributed by atoms with Gasteiger partial charge < -0.3 is 9.80 Å². The average molecular weight is 316 g/mol. The largest absolute Gasteiger partial charge is 0.342 e. The molecule has 2 atom stereocenters. The minimum absolute atomic E-state index is 0.230. The van der Waals surface area contributed by atoms with Gasteiger partial charge in [0.2, 0.25) is 5.91 Å². The second-order valence-electron chi connectivity index (χ2n) is 6.15. The molecule has 1 aromatic carbocycles. The van der Waals surface area contributed by atoms with E-state index in [2.05, 4.69) is 20.9 Å². The Hall–Kier alpha value is -1.66. The van der Waals surface area contributed by atoms with Gasteiger partial charge in [0.05, 0.1) is 16.8 Å². The molecule has 2 unspecified atom stereocenters. The summed E-state index contributed by atoms with van der Waals surface area (Å²) in [7, 11) is 1.96. The molecule has 3 heterocycles. The van der Waals surface area contributed by atoms with Gasteiger partial charge in [-0.25, -0.2) is 4.98 Å². The highest BCUT2D eigenvalue weighted by atomic mass is 32.1. The molecule has 1 amide bonds. The third-order valence-corrected chi connectivity index (χ3v) is 5.80. The van der Waals surface area contributed by atoms with Gasteiger partial charge in [0, 0.05) is 39.3 Å². The molecule has 1 aromatic heterocycles. The van der Waals surface area contributed by atoms with Crippen LogP contribution in [0.1, 0.15) is 6.42 Å². The molecular weight excluding hydrogens is 296 g/mol. The van der Waals surface area contributed by atoms with E-state index in [1.807, 2.05) is 30.1 Å². The Kier molecular flexibility index (Phi) is 3.50. The zero-order valence-electron chi connectivity index (χ0n) is 12.7. The molecule has 0 aliphatic carbocycles. The summed E-state index contributed by atoms with van der Waals surface area (Å²) in [4.78, 5) is 23.8. The van der Waals surface area contributed by atoms with Crippen molar-refractivity contribution in [1.29, 1.82) is 0 Å². The fraction of sp³-hybridized carbons (Fsp3) is 0.500. The first-order chi connectivity index (χ1) is 10.7. The van der Waals surface area contributed by atoms with Crippen LogP contribution in [0.5, 0.6) is 0 Å². The number of hydrogen-bond donors (Lipinski definition) is 0. The number of benzene rings is 1. The Morgan fingerprint density at radius 1 is 1.36 bits per heavy atom. The number of likely N-dealkylation sites (N-methyl/N-ethyl adjacent to an activating group) is 1. The number of nitrogens with zero attached hydrogens (tertiary/aromatic N) is 4. The molecule has 2 aromatic rings. The molecule has 6 heteroatoms. The zero-order valence-corrected chi connectivity index (χ0v) is 13.6. The number of aromatic nitrogens is 1. The summed E-state index contributed by atoms with van der Waals surface area (Å²) in [5.41, 5.74) is 1.01. The summed E-state index contributed by atoms with van der Waals surface area (Å²) in [5.74, 6) is 0.230. The average Bonchev–Trinajstić information content (AvgIpc) is 3.11. The highest BCUT2D eigenvalue weighted by molar-refractivity contribution is 7.22. The zero-order chi connectivity index (χ0) is 15.1. The number of amides is 1. The molecule has 0 radical (unpaired) electrons. The number of carbonyl (C=O) groups excluding carboxylic acids is 1. The Balaban J connectivity index is 1.46. The summed E-state index contributed by atoms with van der Waals surface area (Å²) in [5, 5.41) is 0.916. The molecule has 4 rings (SSSR count). The van der Waals surface area contributed by atoms with Gasteiger partial charge in [-0.15, -0.1) is 0 Å². The van der Waals surface area contributed by atoms with E-state index >= 15 is 0 Å². The van der Waals surface area contributed by atoms with Gasteiger partial charge >= 0.3 is 0 Å². The van der Waals surface area contributed by atoms with E-state index in [-0.39, 0.29) is 5.91 Å². The Labute approximate surface area is 134 Å². The second-order valence-corrected chi connectivity index (χ2v) is 7.16. The van der Waals surface area contributed by atoms with Crippen LogP contribution >= 0.6 is 11.3 Å². The predicted octanol–water partition coefficient (Wildman–Crippen LogP) is 1.65. The maximum Gasteiger partial charge on any atom is 0.242 e. The van der Waals surface area contributed by atoms with Crippen LogP contribution in [0, 0.1) is 0 Å². The number of hydrogen-bond acceptors (Lipinski definition) is 5. The molecule has 2 aliphatic heterocycles. The lowest BCUT2D eigenvalue weighted by Crippen LogP contribution is -2.52. The van der Waals surface area contributed by atoms with Crippen molar-refractivity contribution in [2.75, 3.05) is 44.7 Å². The van der Waals surface area contributed by atoms with Crippen LogP contribution in [0.15, 0.2) is 24.3 Å². The number of fused-ring (bicyclic) bond motifs is 3. The molecule has 0 spiro atoms. The molecule has 2 aliphatic rings. The topological polar surface area (TPSA) is 39.7 Å². The van der Waals surface area contributed by atoms with Gasteiger partial charge in [0.1, 0.15) is 0 Å². The third kappa shape index (κ3) is 2.46. The Bertz CT molecular complexity index is 667. The van der Waals surface area contributed by atoms with Gasteiger partial charge in [-0.3, -0.25) is 9.69 Å². The molecule has 0 saturated carbocycles. The summed E-state index contributed by atoms with van der Waals surface area (Å²) in [6.45, 7) is 4.50. The van der Waals surface area contributed by atoms with E-state index in [1.165, 1.54) is 4.70 Å². The van der Waals surface area contributed by atoms with Crippen LogP contribution in [-0.2, 0) is 4.79 Å². The lowest BCUT2D eigenvalue weighted by atomic mass is 10.2. The molecule has 2 saturated heterocycles. The lowest BCUT2D eigenvalue weighted by Gasteiger charge is -2.35. The number of anilines is 1. The maximum absolute atomic E-state index is 12.6. The van der Waals surface area contributed by atoms with Crippen LogP contribution in [0.2, 0.25) is 0 Å². The number of carbonyl (C=O) groups is 1. The molecule has 2 bridgehead atoms. The summed E-state index contributed by atoms with van der Waals surface area (Å²) >= 11 is 1.64. The molecule has 2 fully saturated rings. The van der Waals surface area contributed by atoms with Gasteiger partial charge in [0.25, 0.3) is 0 Å². The molecule has 22 heavy (non-hydrogen) atoms. The van der Waals surface area contributed by atoms with E-state index in [0.717, 1.165) is 43.2 Å². The SMILES string of the molecule is CN(CC(=O)N1CCN2CCC1C2)c1nc2ccccc2s1. The van der Waals surface area contributed by atoms with Crippen molar-refractivity contribution in [2.24, 2.45) is 0 Å². The minimum atomic E-state index is 0.230. The standard InChI is InChI=1S/C16H20N4OS/c1-18(16-17-13-4-2-3-5-14(13)22-16)11-15(21)20-9-8-19-7-6-12(20)10-19/h2-5,12H,6-11H2,1H3. The predicted molar refractivity (Wildman–Crippen MR) is 89.4 cm³/mol. The number of para-hydroxylation sites is 1. The summed E-state index contributed by atoms with van der Waals surface area (Å²) < 4.78 is 1.17. The van der Waals surface area contributed by atoms with Crippen molar-refractivity contribution in [3.8, 4) is 0 Å². The first-order valence-electron chi connectivity index (χ1n) is 7.79. The van der Waals surface area contributed by atoms with Gasteiger partial charge in [-0.05, 0) is 18.6 Å². The molecule has 5 nitrogen and oxygen atoms in total. The van der Waals surface area contributed by atoms with E-state index in [0.29, 0.717) is 12.6 Å². The van der Waals surface area contributed by atoms with Gasteiger partial charge in [-0.1, -0.05) is 23.5 Å². The van der Waals surface area contributed by atoms with Gasteiger partial charge in [-0.2, -0.15) is 0 Å². The first kappa shape index (κ1) is 14.0. The Morgan fingerprint density at radius 3 is 3.09 bits per heavy atom.